The Bertz CT molecular complexity index is 611. The first-order chi connectivity index (χ1) is 9.70. The van der Waals surface area contributed by atoms with E-state index in [1.165, 1.54) is 32.7 Å². The van der Waals surface area contributed by atoms with Gasteiger partial charge in [0.1, 0.15) is 0 Å². The minimum atomic E-state index is 0.748. The molecule has 0 atom stereocenters. The van der Waals surface area contributed by atoms with Crippen LogP contribution in [0.2, 0.25) is 0 Å². The van der Waals surface area contributed by atoms with Crippen LogP contribution in [-0.2, 0) is 6.54 Å². The highest BCUT2D eigenvalue weighted by molar-refractivity contribution is 9.10. The number of hydrogen-bond acceptors (Lipinski definition) is 2. The second kappa shape index (κ2) is 6.65. The van der Waals surface area contributed by atoms with Gasteiger partial charge in [0.05, 0.1) is 0 Å². The highest BCUT2D eigenvalue weighted by Crippen LogP contribution is 2.32. The van der Waals surface area contributed by atoms with Gasteiger partial charge in [-0.3, -0.25) is 0 Å². The third-order valence-electron chi connectivity index (χ3n) is 3.21. The molecule has 1 fully saturated rings. The molecule has 0 spiro atoms. The van der Waals surface area contributed by atoms with Crippen LogP contribution >= 0.6 is 43.6 Å². The van der Waals surface area contributed by atoms with Crippen LogP contribution in [0.5, 0.6) is 0 Å². The van der Waals surface area contributed by atoms with Crippen LogP contribution < -0.4 is 5.32 Å². The smallest absolute Gasteiger partial charge is 0.0231 e. The first-order valence-electron chi connectivity index (χ1n) is 6.66. The van der Waals surface area contributed by atoms with Gasteiger partial charge in [-0.05, 0) is 48.7 Å². The number of rotatable bonds is 5. The molecule has 0 unspecified atom stereocenters. The molecule has 1 nitrogen and oxygen atoms in total. The Hall–Kier alpha value is -0.290. The van der Waals surface area contributed by atoms with Gasteiger partial charge in [0.2, 0.25) is 0 Å². The Labute approximate surface area is 140 Å². The van der Waals surface area contributed by atoms with E-state index in [0.29, 0.717) is 0 Å². The van der Waals surface area contributed by atoms with Crippen molar-refractivity contribution in [3.8, 4) is 0 Å². The van der Waals surface area contributed by atoms with Crippen LogP contribution in [0.1, 0.15) is 18.4 Å². The first kappa shape index (κ1) is 14.6. The van der Waals surface area contributed by atoms with Crippen LogP contribution in [0.15, 0.2) is 61.2 Å². The minimum absolute atomic E-state index is 0.748. The molecule has 0 bridgehead atoms. The summed E-state index contributed by atoms with van der Waals surface area (Å²) in [6.07, 6.45) is 2.66. The van der Waals surface area contributed by atoms with E-state index < -0.39 is 0 Å². The molecule has 4 heteroatoms. The summed E-state index contributed by atoms with van der Waals surface area (Å²) < 4.78 is 2.30. The Morgan fingerprint density at radius 1 is 1.05 bits per heavy atom. The number of benzene rings is 2. The van der Waals surface area contributed by atoms with Crippen molar-refractivity contribution in [2.75, 3.05) is 0 Å². The molecule has 0 aromatic heterocycles. The molecular weight excluding hydrogens is 398 g/mol. The molecule has 3 rings (SSSR count). The number of nitrogens with one attached hydrogen (secondary N) is 1. The lowest BCUT2D eigenvalue weighted by atomic mass is 10.2. The van der Waals surface area contributed by atoms with Crippen molar-refractivity contribution in [1.82, 2.24) is 5.32 Å². The SMILES string of the molecule is Brc1cccc(Sc2ccc(CNC3CC3)c(Br)c2)c1. The van der Waals surface area contributed by atoms with Gasteiger partial charge in [-0.1, -0.05) is 55.8 Å². The highest BCUT2D eigenvalue weighted by atomic mass is 79.9. The van der Waals surface area contributed by atoms with Gasteiger partial charge in [-0.2, -0.15) is 0 Å². The second-order valence-corrected chi connectivity index (χ2v) is 7.88. The molecule has 1 aliphatic rings. The molecular formula is C16H15Br2NS. The number of hydrogen-bond donors (Lipinski definition) is 1. The fraction of sp³-hybridized carbons (Fsp3) is 0.250. The maximum absolute atomic E-state index is 3.68. The van der Waals surface area contributed by atoms with Crippen LogP contribution in [-0.4, -0.2) is 6.04 Å². The van der Waals surface area contributed by atoms with Crippen molar-refractivity contribution >= 4 is 43.6 Å². The normalized spacial score (nSPS) is 14.5. The zero-order chi connectivity index (χ0) is 13.9. The van der Waals surface area contributed by atoms with E-state index in [1.54, 1.807) is 11.8 Å². The monoisotopic (exact) mass is 411 g/mol. The topological polar surface area (TPSA) is 12.0 Å². The molecule has 1 aliphatic carbocycles. The van der Waals surface area contributed by atoms with E-state index in [4.69, 9.17) is 0 Å². The molecule has 0 amide bonds. The van der Waals surface area contributed by atoms with Crippen molar-refractivity contribution < 1.29 is 0 Å². The molecule has 2 aromatic rings. The summed E-state index contributed by atoms with van der Waals surface area (Å²) in [6, 6.07) is 15.7. The van der Waals surface area contributed by atoms with Crippen LogP contribution in [0.4, 0.5) is 0 Å². The molecule has 0 aliphatic heterocycles. The van der Waals surface area contributed by atoms with E-state index in [-0.39, 0.29) is 0 Å². The van der Waals surface area contributed by atoms with Crippen LogP contribution in [0.25, 0.3) is 0 Å². The average molecular weight is 413 g/mol. The van der Waals surface area contributed by atoms with Gasteiger partial charge in [0, 0.05) is 31.3 Å². The predicted octanol–water partition coefficient (Wildman–Crippen LogP) is 5.61. The molecule has 2 aromatic carbocycles. The molecule has 0 radical (unpaired) electrons. The van der Waals surface area contributed by atoms with Gasteiger partial charge >= 0.3 is 0 Å². The summed E-state index contributed by atoms with van der Waals surface area (Å²) in [4.78, 5) is 2.50. The standard InChI is InChI=1S/C16H15Br2NS/c17-12-2-1-3-14(8-12)20-15-7-4-11(16(18)9-15)10-19-13-5-6-13/h1-4,7-9,13,19H,5-6,10H2. The van der Waals surface area contributed by atoms with E-state index in [1.807, 2.05) is 6.07 Å². The van der Waals surface area contributed by atoms with E-state index >= 15 is 0 Å². The lowest BCUT2D eigenvalue weighted by molar-refractivity contribution is 0.685. The lowest BCUT2D eigenvalue weighted by Crippen LogP contribution is -2.15. The van der Waals surface area contributed by atoms with E-state index in [0.717, 1.165) is 17.1 Å². The predicted molar refractivity (Wildman–Crippen MR) is 92.3 cm³/mol. The minimum Gasteiger partial charge on any atom is -0.310 e. The fourth-order valence-electron chi connectivity index (χ4n) is 1.94. The fourth-order valence-corrected chi connectivity index (χ4v) is 4.08. The molecule has 1 saturated carbocycles. The Morgan fingerprint density at radius 2 is 1.85 bits per heavy atom. The summed E-state index contributed by atoms with van der Waals surface area (Å²) in [6.45, 7) is 0.951. The number of halogens is 2. The zero-order valence-electron chi connectivity index (χ0n) is 10.9. The maximum atomic E-state index is 3.68. The largest absolute Gasteiger partial charge is 0.310 e. The van der Waals surface area contributed by atoms with Crippen molar-refractivity contribution in [2.24, 2.45) is 0 Å². The Balaban J connectivity index is 1.69. The summed E-state index contributed by atoms with van der Waals surface area (Å²) in [5.41, 5.74) is 1.33. The van der Waals surface area contributed by atoms with Gasteiger partial charge in [0.15, 0.2) is 0 Å². The highest BCUT2D eigenvalue weighted by Gasteiger charge is 2.20. The molecule has 0 saturated heterocycles. The summed E-state index contributed by atoms with van der Waals surface area (Å²) in [7, 11) is 0. The molecule has 20 heavy (non-hydrogen) atoms. The van der Waals surface area contributed by atoms with E-state index in [2.05, 4.69) is 73.6 Å². The summed E-state index contributed by atoms with van der Waals surface area (Å²) >= 11 is 8.97. The molecule has 104 valence electrons. The third kappa shape index (κ3) is 4.10. The first-order valence-corrected chi connectivity index (χ1v) is 9.06. The second-order valence-electron chi connectivity index (χ2n) is 4.97. The van der Waals surface area contributed by atoms with Crippen LogP contribution in [0, 0.1) is 0 Å². The Morgan fingerprint density at radius 3 is 2.55 bits per heavy atom. The van der Waals surface area contributed by atoms with Gasteiger partial charge in [0.25, 0.3) is 0 Å². The van der Waals surface area contributed by atoms with Crippen molar-refractivity contribution in [3.05, 3.63) is 57.0 Å². The maximum Gasteiger partial charge on any atom is 0.0231 e. The molecule has 0 heterocycles. The summed E-state index contributed by atoms with van der Waals surface area (Å²) in [5, 5.41) is 3.55. The molecule has 1 N–H and O–H groups in total. The van der Waals surface area contributed by atoms with Gasteiger partial charge in [-0.25, -0.2) is 0 Å². The van der Waals surface area contributed by atoms with Crippen molar-refractivity contribution in [3.63, 3.8) is 0 Å². The van der Waals surface area contributed by atoms with Gasteiger partial charge < -0.3 is 5.32 Å². The van der Waals surface area contributed by atoms with Crippen molar-refractivity contribution in [1.29, 1.82) is 0 Å². The van der Waals surface area contributed by atoms with Crippen LogP contribution in [0.3, 0.4) is 0 Å². The van der Waals surface area contributed by atoms with E-state index in [9.17, 15) is 0 Å². The van der Waals surface area contributed by atoms with Gasteiger partial charge in [-0.15, -0.1) is 0 Å². The average Bonchev–Trinajstić information content (AvgIpc) is 3.22. The quantitative estimate of drug-likeness (QED) is 0.684. The van der Waals surface area contributed by atoms with Crippen molar-refractivity contribution in [2.45, 2.75) is 35.2 Å². The zero-order valence-corrected chi connectivity index (χ0v) is 14.9. The Kier molecular flexibility index (Phi) is 4.87. The third-order valence-corrected chi connectivity index (χ3v) is 5.43. The summed E-state index contributed by atoms with van der Waals surface area (Å²) in [5.74, 6) is 0. The lowest BCUT2D eigenvalue weighted by Gasteiger charge is -2.08.